The van der Waals surface area contributed by atoms with Crippen molar-refractivity contribution < 1.29 is 23.8 Å². The van der Waals surface area contributed by atoms with E-state index in [9.17, 15) is 14.9 Å². The molecule has 32 heavy (non-hydrogen) atoms. The number of carbonyl (C=O) groups excluding carboxylic acids is 2. The van der Waals surface area contributed by atoms with Gasteiger partial charge in [-0.3, -0.25) is 4.79 Å². The molecule has 0 saturated heterocycles. The SMILES string of the molecule is CCOC(=O)C1=C(C)N(Cc2cccc(C#N)c2)C(=O)CC1c1cccc(OC)c1OC. The second-order valence-electron chi connectivity index (χ2n) is 7.35. The van der Waals surface area contributed by atoms with Gasteiger partial charge in [-0.1, -0.05) is 24.3 Å². The van der Waals surface area contributed by atoms with Crippen LogP contribution in [0.1, 0.15) is 42.9 Å². The maximum atomic E-state index is 13.2. The number of hydrogen-bond acceptors (Lipinski definition) is 6. The van der Waals surface area contributed by atoms with Gasteiger partial charge in [-0.2, -0.15) is 5.26 Å². The van der Waals surface area contributed by atoms with Gasteiger partial charge in [0, 0.05) is 23.6 Å². The van der Waals surface area contributed by atoms with Crippen LogP contribution in [0.15, 0.2) is 53.7 Å². The average Bonchev–Trinajstić information content (AvgIpc) is 2.80. The highest BCUT2D eigenvalue weighted by atomic mass is 16.5. The Balaban J connectivity index is 2.10. The summed E-state index contributed by atoms with van der Waals surface area (Å²) in [6.45, 7) is 3.96. The van der Waals surface area contributed by atoms with Gasteiger partial charge in [-0.25, -0.2) is 4.79 Å². The molecule has 7 nitrogen and oxygen atoms in total. The van der Waals surface area contributed by atoms with Crippen LogP contribution in [0, 0.1) is 11.3 Å². The van der Waals surface area contributed by atoms with E-state index < -0.39 is 11.9 Å². The van der Waals surface area contributed by atoms with Crippen LogP contribution in [0.5, 0.6) is 11.5 Å². The summed E-state index contributed by atoms with van der Waals surface area (Å²) in [7, 11) is 3.07. The number of esters is 1. The summed E-state index contributed by atoms with van der Waals surface area (Å²) in [5, 5.41) is 9.18. The molecule has 0 bridgehead atoms. The van der Waals surface area contributed by atoms with E-state index in [4.69, 9.17) is 14.2 Å². The fourth-order valence-electron chi connectivity index (χ4n) is 4.05. The molecule has 1 amide bonds. The van der Waals surface area contributed by atoms with Crippen LogP contribution in [0.4, 0.5) is 0 Å². The minimum absolute atomic E-state index is 0.0763. The first-order valence-corrected chi connectivity index (χ1v) is 10.3. The number of rotatable bonds is 7. The highest BCUT2D eigenvalue weighted by Gasteiger charge is 2.38. The monoisotopic (exact) mass is 434 g/mol. The van der Waals surface area contributed by atoms with Crippen molar-refractivity contribution in [2.24, 2.45) is 0 Å². The van der Waals surface area contributed by atoms with Crippen molar-refractivity contribution in [1.82, 2.24) is 4.90 Å². The molecule has 0 fully saturated rings. The van der Waals surface area contributed by atoms with Crippen molar-refractivity contribution in [1.29, 1.82) is 5.26 Å². The van der Waals surface area contributed by atoms with E-state index in [1.807, 2.05) is 12.1 Å². The summed E-state index contributed by atoms with van der Waals surface area (Å²) in [6, 6.07) is 14.6. The van der Waals surface area contributed by atoms with Gasteiger partial charge in [0.2, 0.25) is 5.91 Å². The second kappa shape index (κ2) is 10.0. The standard InChI is InChI=1S/C25H26N2O5/c1-5-32-25(29)23-16(2)27(15-18-9-6-8-17(12-18)14-26)22(28)13-20(23)19-10-7-11-21(30-3)24(19)31-4/h6-12,20H,5,13,15H2,1-4H3. The predicted octanol–water partition coefficient (Wildman–Crippen LogP) is 3.93. The minimum atomic E-state index is -0.534. The molecule has 1 aliphatic heterocycles. The van der Waals surface area contributed by atoms with E-state index in [2.05, 4.69) is 6.07 Å². The normalized spacial score (nSPS) is 15.9. The first-order valence-electron chi connectivity index (χ1n) is 10.3. The van der Waals surface area contributed by atoms with Crippen LogP contribution in [0.3, 0.4) is 0 Å². The van der Waals surface area contributed by atoms with E-state index in [-0.39, 0.29) is 25.5 Å². The van der Waals surface area contributed by atoms with Crippen molar-refractivity contribution in [2.75, 3.05) is 20.8 Å². The Kier molecular flexibility index (Phi) is 7.16. The fraction of sp³-hybridized carbons (Fsp3) is 0.320. The lowest BCUT2D eigenvalue weighted by molar-refractivity contribution is -0.140. The quantitative estimate of drug-likeness (QED) is 0.614. The molecular formula is C25H26N2O5. The number of carbonyl (C=O) groups is 2. The molecule has 0 saturated carbocycles. The first-order chi connectivity index (χ1) is 15.4. The molecule has 166 valence electrons. The zero-order valence-electron chi connectivity index (χ0n) is 18.7. The molecule has 0 radical (unpaired) electrons. The molecule has 0 aliphatic carbocycles. The van der Waals surface area contributed by atoms with Crippen molar-refractivity contribution in [3.63, 3.8) is 0 Å². The maximum absolute atomic E-state index is 13.2. The molecule has 7 heteroatoms. The van der Waals surface area contributed by atoms with Crippen LogP contribution in [0.25, 0.3) is 0 Å². The van der Waals surface area contributed by atoms with Crippen LogP contribution >= 0.6 is 0 Å². The van der Waals surface area contributed by atoms with Crippen molar-refractivity contribution in [2.45, 2.75) is 32.7 Å². The Morgan fingerprint density at radius 1 is 1.19 bits per heavy atom. The second-order valence-corrected chi connectivity index (χ2v) is 7.35. The molecule has 1 unspecified atom stereocenters. The Bertz CT molecular complexity index is 1100. The molecular weight excluding hydrogens is 408 g/mol. The fourth-order valence-corrected chi connectivity index (χ4v) is 4.05. The minimum Gasteiger partial charge on any atom is -0.493 e. The third-order valence-electron chi connectivity index (χ3n) is 5.52. The van der Waals surface area contributed by atoms with Gasteiger partial charge in [-0.15, -0.1) is 0 Å². The molecule has 1 heterocycles. The number of ether oxygens (including phenoxy) is 3. The van der Waals surface area contributed by atoms with Gasteiger partial charge >= 0.3 is 5.97 Å². The van der Waals surface area contributed by atoms with Gasteiger partial charge in [0.15, 0.2) is 11.5 Å². The zero-order valence-corrected chi connectivity index (χ0v) is 18.7. The van der Waals surface area contributed by atoms with Crippen LogP contribution in [0.2, 0.25) is 0 Å². The molecule has 0 N–H and O–H groups in total. The van der Waals surface area contributed by atoms with E-state index in [1.54, 1.807) is 49.1 Å². The molecule has 0 aromatic heterocycles. The number of allylic oxidation sites excluding steroid dienone is 1. The number of para-hydroxylation sites is 1. The number of nitriles is 1. The lowest BCUT2D eigenvalue weighted by atomic mass is 9.83. The van der Waals surface area contributed by atoms with E-state index >= 15 is 0 Å². The van der Waals surface area contributed by atoms with E-state index in [0.29, 0.717) is 33.9 Å². The highest BCUT2D eigenvalue weighted by molar-refractivity contribution is 5.96. The molecule has 3 rings (SSSR count). The van der Waals surface area contributed by atoms with Gasteiger partial charge in [0.05, 0.1) is 44.6 Å². The van der Waals surface area contributed by atoms with Gasteiger partial charge in [-0.05, 0) is 37.6 Å². The van der Waals surface area contributed by atoms with Gasteiger partial charge in [0.1, 0.15) is 0 Å². The topological polar surface area (TPSA) is 88.9 Å². The Morgan fingerprint density at radius 3 is 2.59 bits per heavy atom. The number of methoxy groups -OCH3 is 2. The zero-order chi connectivity index (χ0) is 23.3. The Hall–Kier alpha value is -3.79. The Morgan fingerprint density at radius 2 is 1.94 bits per heavy atom. The van der Waals surface area contributed by atoms with Crippen molar-refractivity contribution >= 4 is 11.9 Å². The van der Waals surface area contributed by atoms with Gasteiger partial charge < -0.3 is 19.1 Å². The number of nitrogens with zero attached hydrogens (tertiary/aromatic N) is 2. The highest BCUT2D eigenvalue weighted by Crippen LogP contribution is 2.44. The summed E-state index contributed by atoms with van der Waals surface area (Å²) < 4.78 is 16.3. The summed E-state index contributed by atoms with van der Waals surface area (Å²) in [5.74, 6) is -0.129. The third kappa shape index (κ3) is 4.45. The predicted molar refractivity (Wildman–Crippen MR) is 118 cm³/mol. The summed E-state index contributed by atoms with van der Waals surface area (Å²) in [4.78, 5) is 27.8. The first kappa shape index (κ1) is 22.9. The summed E-state index contributed by atoms with van der Waals surface area (Å²) in [5.41, 5.74) is 2.94. The average molecular weight is 434 g/mol. The molecule has 0 spiro atoms. The Labute approximate surface area is 187 Å². The van der Waals surface area contributed by atoms with Crippen LogP contribution in [-0.2, 0) is 20.9 Å². The van der Waals surface area contributed by atoms with E-state index in [0.717, 1.165) is 5.56 Å². The largest absolute Gasteiger partial charge is 0.493 e. The third-order valence-corrected chi connectivity index (χ3v) is 5.52. The molecule has 2 aromatic carbocycles. The lowest BCUT2D eigenvalue weighted by Gasteiger charge is -2.35. The summed E-state index contributed by atoms with van der Waals surface area (Å²) >= 11 is 0. The summed E-state index contributed by atoms with van der Waals surface area (Å²) in [6.07, 6.45) is 0.0763. The van der Waals surface area contributed by atoms with Crippen LogP contribution in [-0.4, -0.2) is 37.6 Å². The lowest BCUT2D eigenvalue weighted by Crippen LogP contribution is -2.38. The van der Waals surface area contributed by atoms with Crippen LogP contribution < -0.4 is 9.47 Å². The van der Waals surface area contributed by atoms with Crippen molar-refractivity contribution in [3.8, 4) is 17.6 Å². The van der Waals surface area contributed by atoms with Crippen molar-refractivity contribution in [3.05, 3.63) is 70.4 Å². The van der Waals surface area contributed by atoms with Gasteiger partial charge in [0.25, 0.3) is 0 Å². The number of hydrogen-bond donors (Lipinski definition) is 0. The molecule has 2 aromatic rings. The number of benzene rings is 2. The molecule has 1 aliphatic rings. The van der Waals surface area contributed by atoms with E-state index in [1.165, 1.54) is 14.2 Å². The maximum Gasteiger partial charge on any atom is 0.336 e. The molecule has 1 atom stereocenters. The number of amides is 1. The smallest absolute Gasteiger partial charge is 0.336 e.